The maximum Gasteiger partial charge on any atom is 0.326 e. The lowest BCUT2D eigenvalue weighted by Gasteiger charge is -2.26. The van der Waals surface area contributed by atoms with Crippen LogP contribution in [-0.4, -0.2) is 22.8 Å². The van der Waals surface area contributed by atoms with Gasteiger partial charge in [-0.25, -0.2) is 0 Å². The maximum atomic E-state index is 11.9. The molecule has 0 aliphatic carbocycles. The Labute approximate surface area is 131 Å². The van der Waals surface area contributed by atoms with Gasteiger partial charge in [-0.15, -0.1) is 11.6 Å². The van der Waals surface area contributed by atoms with Crippen molar-refractivity contribution in [2.75, 3.05) is 7.11 Å². The van der Waals surface area contributed by atoms with Crippen molar-refractivity contribution in [1.29, 1.82) is 0 Å². The summed E-state index contributed by atoms with van der Waals surface area (Å²) in [4.78, 5) is 11.3. The smallest absolute Gasteiger partial charge is 0.326 e. The van der Waals surface area contributed by atoms with Crippen LogP contribution in [0.25, 0.3) is 0 Å². The number of halogens is 2. The van der Waals surface area contributed by atoms with Gasteiger partial charge < -0.3 is 4.74 Å². The predicted molar refractivity (Wildman–Crippen MR) is 86.2 cm³/mol. The van der Waals surface area contributed by atoms with E-state index in [1.165, 1.54) is 32.8 Å². The molecular weight excluding hydrogens is 328 g/mol. The van der Waals surface area contributed by atoms with Crippen LogP contribution in [0.2, 0.25) is 0 Å². The molecule has 19 heavy (non-hydrogen) atoms. The van der Waals surface area contributed by atoms with Gasteiger partial charge >= 0.3 is 5.97 Å². The zero-order chi connectivity index (χ0) is 14.7. The second-order valence-corrected chi connectivity index (χ2v) is 7.23. The normalized spacial score (nSPS) is 15.8. The highest BCUT2D eigenvalue weighted by Gasteiger charge is 2.38. The summed E-state index contributed by atoms with van der Waals surface area (Å²) < 4.78 is 4.86. The first-order valence-corrected chi connectivity index (χ1v) is 8.71. The van der Waals surface area contributed by atoms with Crippen molar-refractivity contribution in [3.8, 4) is 0 Å². The molecular formula is C15H28BrClO2. The molecule has 0 aliphatic heterocycles. The van der Waals surface area contributed by atoms with E-state index in [4.69, 9.17) is 16.3 Å². The van der Waals surface area contributed by atoms with Crippen molar-refractivity contribution in [3.05, 3.63) is 0 Å². The van der Waals surface area contributed by atoms with E-state index in [1.807, 2.05) is 0 Å². The first-order valence-electron chi connectivity index (χ1n) is 7.41. The minimum Gasteiger partial charge on any atom is -0.468 e. The molecule has 0 rings (SSSR count). The SMILES string of the molecule is CCCCCCC(Br)CC(Cl)(CCCC)C(=O)OC. The van der Waals surface area contributed by atoms with Crippen LogP contribution < -0.4 is 0 Å². The van der Waals surface area contributed by atoms with Crippen molar-refractivity contribution in [2.45, 2.75) is 81.3 Å². The third-order valence-corrected chi connectivity index (χ3v) is 4.67. The molecule has 0 saturated carbocycles. The van der Waals surface area contributed by atoms with E-state index in [2.05, 4.69) is 29.8 Å². The van der Waals surface area contributed by atoms with Gasteiger partial charge in [-0.05, 0) is 19.3 Å². The molecule has 0 aliphatic rings. The zero-order valence-electron chi connectivity index (χ0n) is 12.5. The number of carbonyl (C=O) groups is 1. The molecule has 0 amide bonds. The van der Waals surface area contributed by atoms with Gasteiger partial charge in [0, 0.05) is 4.83 Å². The predicted octanol–water partition coefficient (Wildman–Crippen LogP) is 5.45. The monoisotopic (exact) mass is 354 g/mol. The second kappa shape index (κ2) is 11.0. The lowest BCUT2D eigenvalue weighted by molar-refractivity contribution is -0.144. The summed E-state index contributed by atoms with van der Waals surface area (Å²) in [6.45, 7) is 4.31. The van der Waals surface area contributed by atoms with Gasteiger partial charge in [0.15, 0.2) is 0 Å². The Bertz CT molecular complexity index is 248. The number of ether oxygens (including phenoxy) is 1. The number of alkyl halides is 2. The molecule has 0 heterocycles. The van der Waals surface area contributed by atoms with E-state index in [9.17, 15) is 4.79 Å². The molecule has 0 aromatic rings. The largest absolute Gasteiger partial charge is 0.468 e. The van der Waals surface area contributed by atoms with Crippen molar-refractivity contribution in [3.63, 3.8) is 0 Å². The van der Waals surface area contributed by atoms with Gasteiger partial charge in [0.25, 0.3) is 0 Å². The van der Waals surface area contributed by atoms with Gasteiger partial charge in [-0.3, -0.25) is 4.79 Å². The van der Waals surface area contributed by atoms with Crippen LogP contribution in [0, 0.1) is 0 Å². The summed E-state index contributed by atoms with van der Waals surface area (Å²) >= 11 is 10.2. The van der Waals surface area contributed by atoms with E-state index in [0.717, 1.165) is 19.3 Å². The van der Waals surface area contributed by atoms with Crippen LogP contribution in [0.1, 0.15) is 71.6 Å². The Balaban J connectivity index is 4.26. The van der Waals surface area contributed by atoms with Crippen LogP contribution in [0.3, 0.4) is 0 Å². The minimum absolute atomic E-state index is 0.290. The molecule has 0 aromatic heterocycles. The van der Waals surface area contributed by atoms with Crippen LogP contribution in [-0.2, 0) is 9.53 Å². The molecule has 2 unspecified atom stereocenters. The Morgan fingerprint density at radius 1 is 1.21 bits per heavy atom. The summed E-state index contributed by atoms with van der Waals surface area (Å²) in [5, 5.41) is 0. The zero-order valence-corrected chi connectivity index (χ0v) is 14.9. The van der Waals surface area contributed by atoms with Crippen molar-refractivity contribution >= 4 is 33.5 Å². The standard InChI is InChI=1S/C15H28BrClO2/c1-4-6-8-9-10-13(16)12-15(17,11-7-5-2)14(18)19-3/h13H,4-12H2,1-3H3. The van der Waals surface area contributed by atoms with Crippen molar-refractivity contribution in [1.82, 2.24) is 0 Å². The molecule has 0 bridgehead atoms. The van der Waals surface area contributed by atoms with Gasteiger partial charge in [-0.1, -0.05) is 68.3 Å². The van der Waals surface area contributed by atoms with Gasteiger partial charge in [-0.2, -0.15) is 0 Å². The first-order chi connectivity index (χ1) is 9.00. The Hall–Kier alpha value is 0.240. The highest BCUT2D eigenvalue weighted by atomic mass is 79.9. The van der Waals surface area contributed by atoms with Crippen LogP contribution >= 0.6 is 27.5 Å². The number of esters is 1. The topological polar surface area (TPSA) is 26.3 Å². The fourth-order valence-electron chi connectivity index (χ4n) is 2.17. The number of hydrogen-bond donors (Lipinski definition) is 0. The highest BCUT2D eigenvalue weighted by molar-refractivity contribution is 9.09. The van der Waals surface area contributed by atoms with Gasteiger partial charge in [0.05, 0.1) is 7.11 Å². The van der Waals surface area contributed by atoms with E-state index >= 15 is 0 Å². The van der Waals surface area contributed by atoms with Gasteiger partial charge in [0.1, 0.15) is 4.87 Å². The quantitative estimate of drug-likeness (QED) is 0.280. The second-order valence-electron chi connectivity index (χ2n) is 5.21. The molecule has 0 radical (unpaired) electrons. The lowest BCUT2D eigenvalue weighted by atomic mass is 9.94. The summed E-state index contributed by atoms with van der Waals surface area (Å²) in [5.41, 5.74) is 0. The van der Waals surface area contributed by atoms with E-state index in [-0.39, 0.29) is 10.8 Å². The first kappa shape index (κ1) is 19.2. The number of unbranched alkanes of at least 4 members (excludes halogenated alkanes) is 4. The highest BCUT2D eigenvalue weighted by Crippen LogP contribution is 2.33. The molecule has 0 aromatic carbocycles. The van der Waals surface area contributed by atoms with E-state index in [0.29, 0.717) is 12.8 Å². The lowest BCUT2D eigenvalue weighted by Crippen LogP contribution is -2.36. The fourth-order valence-corrected chi connectivity index (χ4v) is 3.63. The molecule has 4 heteroatoms. The van der Waals surface area contributed by atoms with E-state index in [1.54, 1.807) is 0 Å². The van der Waals surface area contributed by atoms with Crippen molar-refractivity contribution < 1.29 is 9.53 Å². The van der Waals surface area contributed by atoms with Crippen LogP contribution in [0.5, 0.6) is 0 Å². The molecule has 0 spiro atoms. The Kier molecular flexibility index (Phi) is 11.1. The summed E-state index contributed by atoms with van der Waals surface area (Å²) in [5.74, 6) is -0.291. The molecule has 0 saturated heterocycles. The average Bonchev–Trinajstić information content (AvgIpc) is 2.40. The summed E-state index contributed by atoms with van der Waals surface area (Å²) in [7, 11) is 1.41. The van der Waals surface area contributed by atoms with Gasteiger partial charge in [0.2, 0.25) is 0 Å². The molecule has 114 valence electrons. The Morgan fingerprint density at radius 2 is 1.84 bits per heavy atom. The minimum atomic E-state index is -0.857. The molecule has 2 nitrogen and oxygen atoms in total. The molecule has 0 N–H and O–H groups in total. The number of rotatable bonds is 11. The third-order valence-electron chi connectivity index (χ3n) is 3.39. The Morgan fingerprint density at radius 3 is 2.37 bits per heavy atom. The maximum absolute atomic E-state index is 11.9. The average molecular weight is 356 g/mol. The van der Waals surface area contributed by atoms with Crippen LogP contribution in [0.15, 0.2) is 0 Å². The number of carbonyl (C=O) groups excluding carboxylic acids is 1. The third kappa shape index (κ3) is 8.19. The summed E-state index contributed by atoms with van der Waals surface area (Å²) in [6.07, 6.45) is 9.35. The number of hydrogen-bond acceptors (Lipinski definition) is 2. The molecule has 0 fully saturated rings. The van der Waals surface area contributed by atoms with Crippen molar-refractivity contribution in [2.24, 2.45) is 0 Å². The number of methoxy groups -OCH3 is 1. The van der Waals surface area contributed by atoms with E-state index < -0.39 is 4.87 Å². The fraction of sp³-hybridized carbons (Fsp3) is 0.933. The van der Waals surface area contributed by atoms with Crippen LogP contribution in [0.4, 0.5) is 0 Å². The molecule has 2 atom stereocenters. The summed E-state index contributed by atoms with van der Waals surface area (Å²) in [6, 6.07) is 0.